The number of piperidine rings is 1. The molecular weight excluding hydrogens is 436 g/mol. The Labute approximate surface area is 188 Å². The molecule has 3 rings (SSSR count). The Bertz CT molecular complexity index is 943. The van der Waals surface area contributed by atoms with Gasteiger partial charge in [0.25, 0.3) is 5.91 Å². The summed E-state index contributed by atoms with van der Waals surface area (Å²) in [4.78, 5) is 15.8. The largest absolute Gasteiger partial charge is 0.339 e. The van der Waals surface area contributed by atoms with Gasteiger partial charge in [-0.1, -0.05) is 30.3 Å². The number of benzene rings is 2. The number of hydrogen-bond acceptors (Lipinski definition) is 5. The highest BCUT2D eigenvalue weighted by Gasteiger charge is 2.23. The van der Waals surface area contributed by atoms with Crippen molar-refractivity contribution in [2.75, 3.05) is 31.6 Å². The molecule has 162 valence electrons. The second kappa shape index (κ2) is 11.2. The fourth-order valence-electron chi connectivity index (χ4n) is 3.38. The number of sulfonamides is 1. The zero-order valence-corrected chi connectivity index (χ0v) is 19.6. The van der Waals surface area contributed by atoms with Crippen LogP contribution in [0.5, 0.6) is 0 Å². The van der Waals surface area contributed by atoms with Gasteiger partial charge in [-0.25, -0.2) is 13.1 Å². The second-order valence-corrected chi connectivity index (χ2v) is 10.9. The summed E-state index contributed by atoms with van der Waals surface area (Å²) in [7, 11) is -3.66. The Morgan fingerprint density at radius 1 is 1.07 bits per heavy atom. The van der Waals surface area contributed by atoms with Crippen molar-refractivity contribution in [3.8, 4) is 0 Å². The number of nitrogens with one attached hydrogen (secondary N) is 1. The molecule has 0 bridgehead atoms. The Balaban J connectivity index is 1.62. The van der Waals surface area contributed by atoms with Crippen LogP contribution < -0.4 is 4.72 Å². The van der Waals surface area contributed by atoms with Gasteiger partial charge in [0, 0.05) is 36.0 Å². The summed E-state index contributed by atoms with van der Waals surface area (Å²) in [6.45, 7) is 1.82. The number of nitrogens with zero attached hydrogens (tertiary/aromatic N) is 1. The van der Waals surface area contributed by atoms with E-state index in [-0.39, 0.29) is 10.8 Å². The molecule has 30 heavy (non-hydrogen) atoms. The minimum Gasteiger partial charge on any atom is -0.339 e. The molecule has 0 atom stereocenters. The highest BCUT2D eigenvalue weighted by atomic mass is 32.2. The van der Waals surface area contributed by atoms with E-state index in [1.54, 1.807) is 23.9 Å². The topological polar surface area (TPSA) is 66.5 Å². The van der Waals surface area contributed by atoms with Gasteiger partial charge in [0.05, 0.1) is 10.5 Å². The first-order chi connectivity index (χ1) is 14.5. The zero-order chi connectivity index (χ0) is 21.4. The SMILES string of the molecule is CSc1ccc(S(=O)(=O)NCCSCc2ccccc2)cc1C(=O)N1CCCCC1. The average molecular weight is 465 g/mol. The van der Waals surface area contributed by atoms with Gasteiger partial charge in [-0.15, -0.1) is 11.8 Å². The molecule has 2 aromatic rings. The lowest BCUT2D eigenvalue weighted by molar-refractivity contribution is 0.0720. The number of thioether (sulfide) groups is 2. The lowest BCUT2D eigenvalue weighted by Crippen LogP contribution is -2.36. The minimum atomic E-state index is -3.66. The number of amides is 1. The molecule has 2 aromatic carbocycles. The maximum Gasteiger partial charge on any atom is 0.255 e. The second-order valence-electron chi connectivity index (χ2n) is 7.15. The maximum atomic E-state index is 13.0. The van der Waals surface area contributed by atoms with Crippen LogP contribution in [-0.4, -0.2) is 50.9 Å². The molecule has 1 aliphatic heterocycles. The van der Waals surface area contributed by atoms with Crippen molar-refractivity contribution in [2.24, 2.45) is 0 Å². The third-order valence-corrected chi connectivity index (χ3v) is 8.29. The van der Waals surface area contributed by atoms with E-state index in [1.807, 2.05) is 29.4 Å². The molecule has 0 aliphatic carbocycles. The Kier molecular flexibility index (Phi) is 8.68. The van der Waals surface area contributed by atoms with E-state index in [4.69, 9.17) is 0 Å². The third kappa shape index (κ3) is 6.26. The van der Waals surface area contributed by atoms with Gasteiger partial charge < -0.3 is 4.90 Å². The van der Waals surface area contributed by atoms with Crippen LogP contribution in [0.4, 0.5) is 0 Å². The average Bonchev–Trinajstić information content (AvgIpc) is 2.79. The summed E-state index contributed by atoms with van der Waals surface area (Å²) >= 11 is 3.15. The fraction of sp³-hybridized carbons (Fsp3) is 0.409. The monoisotopic (exact) mass is 464 g/mol. The zero-order valence-electron chi connectivity index (χ0n) is 17.2. The molecule has 1 aliphatic rings. The summed E-state index contributed by atoms with van der Waals surface area (Å²) in [5.41, 5.74) is 1.70. The standard InChI is InChI=1S/C22H28N2O3S3/c1-28-21-11-10-19(16-20(21)22(25)24-13-6-3-7-14-24)30(26,27)23-12-15-29-17-18-8-4-2-5-9-18/h2,4-5,8-11,16,23H,3,6-7,12-15,17H2,1H3. The van der Waals surface area contributed by atoms with Crippen LogP contribution in [-0.2, 0) is 15.8 Å². The first-order valence-corrected chi connectivity index (χ1v) is 14.0. The Hall–Kier alpha value is -1.48. The minimum absolute atomic E-state index is 0.0745. The fourth-order valence-corrected chi connectivity index (χ4v) is 5.96. The highest BCUT2D eigenvalue weighted by Crippen LogP contribution is 2.26. The van der Waals surface area contributed by atoms with E-state index in [2.05, 4.69) is 16.9 Å². The van der Waals surface area contributed by atoms with Gasteiger partial charge in [0.2, 0.25) is 10.0 Å². The van der Waals surface area contributed by atoms with Crippen LogP contribution >= 0.6 is 23.5 Å². The van der Waals surface area contributed by atoms with Crippen molar-refractivity contribution in [3.05, 3.63) is 59.7 Å². The molecule has 1 fully saturated rings. The summed E-state index contributed by atoms with van der Waals surface area (Å²) in [6.07, 6.45) is 5.04. The van der Waals surface area contributed by atoms with Crippen LogP contribution in [0.2, 0.25) is 0 Å². The molecule has 8 heteroatoms. The van der Waals surface area contributed by atoms with E-state index < -0.39 is 10.0 Å². The molecule has 1 heterocycles. The van der Waals surface area contributed by atoms with Crippen molar-refractivity contribution in [2.45, 2.75) is 34.8 Å². The van der Waals surface area contributed by atoms with E-state index in [0.717, 1.165) is 43.0 Å². The predicted octanol–water partition coefficient (Wildman–Crippen LogP) is 4.25. The van der Waals surface area contributed by atoms with Gasteiger partial charge in [-0.3, -0.25) is 4.79 Å². The Morgan fingerprint density at radius 3 is 2.50 bits per heavy atom. The molecule has 0 spiro atoms. The van der Waals surface area contributed by atoms with Crippen molar-refractivity contribution in [1.82, 2.24) is 9.62 Å². The van der Waals surface area contributed by atoms with Crippen molar-refractivity contribution in [3.63, 3.8) is 0 Å². The third-order valence-electron chi connectivity index (χ3n) is 5.00. The first-order valence-electron chi connectivity index (χ1n) is 10.1. The van der Waals surface area contributed by atoms with E-state index in [9.17, 15) is 13.2 Å². The van der Waals surface area contributed by atoms with E-state index in [0.29, 0.717) is 17.9 Å². The van der Waals surface area contributed by atoms with Gasteiger partial charge in [0.15, 0.2) is 0 Å². The quantitative estimate of drug-likeness (QED) is 0.444. The highest BCUT2D eigenvalue weighted by molar-refractivity contribution is 7.98. The smallest absolute Gasteiger partial charge is 0.255 e. The van der Waals surface area contributed by atoms with Crippen LogP contribution in [0.1, 0.15) is 35.2 Å². The van der Waals surface area contributed by atoms with Crippen molar-refractivity contribution >= 4 is 39.5 Å². The summed E-state index contributed by atoms with van der Waals surface area (Å²) < 4.78 is 28.2. The summed E-state index contributed by atoms with van der Waals surface area (Å²) in [5, 5.41) is 0. The molecular formula is C22H28N2O3S3. The molecule has 1 saturated heterocycles. The van der Waals surface area contributed by atoms with Gasteiger partial charge in [-0.05, 0) is 49.3 Å². The molecule has 5 nitrogen and oxygen atoms in total. The summed E-state index contributed by atoms with van der Waals surface area (Å²) in [5.74, 6) is 1.45. The van der Waals surface area contributed by atoms with Crippen LogP contribution in [0.3, 0.4) is 0 Å². The van der Waals surface area contributed by atoms with E-state index in [1.165, 1.54) is 23.4 Å². The number of hydrogen-bond donors (Lipinski definition) is 1. The molecule has 0 aromatic heterocycles. The maximum absolute atomic E-state index is 13.0. The van der Waals surface area contributed by atoms with Crippen molar-refractivity contribution < 1.29 is 13.2 Å². The number of carbonyl (C=O) groups is 1. The number of carbonyl (C=O) groups excluding carboxylic acids is 1. The molecule has 0 unspecified atom stereocenters. The lowest BCUT2D eigenvalue weighted by atomic mass is 10.1. The number of likely N-dealkylation sites (tertiary alicyclic amines) is 1. The van der Waals surface area contributed by atoms with Gasteiger partial charge >= 0.3 is 0 Å². The predicted molar refractivity (Wildman–Crippen MR) is 126 cm³/mol. The normalized spacial score (nSPS) is 14.6. The molecule has 0 saturated carbocycles. The first kappa shape index (κ1) is 23.2. The van der Waals surface area contributed by atoms with Gasteiger partial charge in [-0.2, -0.15) is 11.8 Å². The Morgan fingerprint density at radius 2 is 1.80 bits per heavy atom. The van der Waals surface area contributed by atoms with Crippen LogP contribution in [0.25, 0.3) is 0 Å². The van der Waals surface area contributed by atoms with Crippen LogP contribution in [0, 0.1) is 0 Å². The van der Waals surface area contributed by atoms with Crippen molar-refractivity contribution in [1.29, 1.82) is 0 Å². The molecule has 1 amide bonds. The molecule has 0 radical (unpaired) electrons. The van der Waals surface area contributed by atoms with E-state index >= 15 is 0 Å². The van der Waals surface area contributed by atoms with Gasteiger partial charge in [0.1, 0.15) is 0 Å². The summed E-state index contributed by atoms with van der Waals surface area (Å²) in [6, 6.07) is 15.0. The molecule has 1 N–H and O–H groups in total. The number of rotatable bonds is 9. The van der Waals surface area contributed by atoms with Crippen LogP contribution in [0.15, 0.2) is 58.3 Å². The lowest BCUT2D eigenvalue weighted by Gasteiger charge is -2.27.